The molecule has 0 spiro atoms. The lowest BCUT2D eigenvalue weighted by Crippen LogP contribution is -2.42. The van der Waals surface area contributed by atoms with Crippen LogP contribution in [0.1, 0.15) is 53.4 Å². The Balaban J connectivity index is 0.000000334. The van der Waals surface area contributed by atoms with Crippen molar-refractivity contribution in [3.63, 3.8) is 0 Å². The number of ether oxygens (including phenoxy) is 2. The summed E-state index contributed by atoms with van der Waals surface area (Å²) in [6.45, 7) is 12.4. The van der Waals surface area contributed by atoms with Crippen LogP contribution in [0.2, 0.25) is 0 Å². The average molecular weight is 294 g/mol. The quantitative estimate of drug-likeness (QED) is 0.803. The Bertz CT molecular complexity index is 183. The molecular weight excluding hydrogens is 262 g/mol. The summed E-state index contributed by atoms with van der Waals surface area (Å²) in [7, 11) is 0. The second kappa shape index (κ2) is 13.2. The third-order valence-corrected chi connectivity index (χ3v) is 3.23. The van der Waals surface area contributed by atoms with E-state index in [0.29, 0.717) is 5.38 Å². The van der Waals surface area contributed by atoms with Crippen LogP contribution in [0.5, 0.6) is 0 Å². The van der Waals surface area contributed by atoms with Crippen molar-refractivity contribution in [2.45, 2.75) is 65.0 Å². The monoisotopic (exact) mass is 293 g/mol. The van der Waals surface area contributed by atoms with Crippen LogP contribution in [0, 0.1) is 5.92 Å². The van der Waals surface area contributed by atoms with Crippen molar-refractivity contribution in [1.29, 1.82) is 0 Å². The van der Waals surface area contributed by atoms with Gasteiger partial charge in [0, 0.05) is 19.5 Å². The zero-order valence-corrected chi connectivity index (χ0v) is 13.8. The van der Waals surface area contributed by atoms with Gasteiger partial charge in [-0.3, -0.25) is 0 Å². The maximum atomic E-state index is 5.49. The van der Waals surface area contributed by atoms with Crippen LogP contribution in [-0.2, 0) is 9.47 Å². The van der Waals surface area contributed by atoms with Crippen LogP contribution in [0.3, 0.4) is 0 Å². The van der Waals surface area contributed by atoms with Gasteiger partial charge in [-0.2, -0.15) is 0 Å². The van der Waals surface area contributed by atoms with E-state index >= 15 is 0 Å². The molecule has 3 nitrogen and oxygen atoms in total. The molecule has 0 amide bonds. The zero-order chi connectivity index (χ0) is 14.5. The Labute approximate surface area is 124 Å². The van der Waals surface area contributed by atoms with Gasteiger partial charge < -0.3 is 14.8 Å². The van der Waals surface area contributed by atoms with Crippen molar-refractivity contribution in [1.82, 2.24) is 5.32 Å². The minimum atomic E-state index is 0.0821. The first kappa shape index (κ1) is 19.2. The molecule has 0 saturated carbocycles. The van der Waals surface area contributed by atoms with E-state index in [0.717, 1.165) is 45.1 Å². The highest BCUT2D eigenvalue weighted by atomic mass is 35.5. The maximum Gasteiger partial charge on any atom is 0.157 e. The molecule has 0 aromatic rings. The first-order valence-corrected chi connectivity index (χ1v) is 8.15. The first-order chi connectivity index (χ1) is 9.13. The van der Waals surface area contributed by atoms with E-state index in [1.165, 1.54) is 12.8 Å². The van der Waals surface area contributed by atoms with Crippen molar-refractivity contribution in [2.24, 2.45) is 5.92 Å². The average Bonchev–Trinajstić information content (AvgIpc) is 2.39. The summed E-state index contributed by atoms with van der Waals surface area (Å²) in [5, 5.41) is 3.45. The normalized spacial score (nSPS) is 21.3. The fourth-order valence-corrected chi connectivity index (χ4v) is 1.64. The first-order valence-electron chi connectivity index (χ1n) is 7.71. The predicted octanol–water partition coefficient (Wildman–Crippen LogP) is 3.80. The third-order valence-electron chi connectivity index (χ3n) is 2.92. The van der Waals surface area contributed by atoms with Crippen molar-refractivity contribution in [3.05, 3.63) is 0 Å². The molecule has 2 aliphatic heterocycles. The van der Waals surface area contributed by atoms with Crippen molar-refractivity contribution in [3.8, 4) is 0 Å². The molecule has 19 heavy (non-hydrogen) atoms. The molecule has 1 unspecified atom stereocenters. The molecule has 1 N–H and O–H groups in total. The largest absolute Gasteiger partial charge is 0.353 e. The Kier molecular flexibility index (Phi) is 13.3. The highest BCUT2D eigenvalue weighted by Crippen LogP contribution is 2.16. The van der Waals surface area contributed by atoms with Gasteiger partial charge in [0.05, 0.1) is 18.6 Å². The summed E-state index contributed by atoms with van der Waals surface area (Å²) in [6, 6.07) is 0. The van der Waals surface area contributed by atoms with Gasteiger partial charge in [-0.25, -0.2) is 0 Å². The van der Waals surface area contributed by atoms with E-state index in [1.807, 2.05) is 0 Å². The molecule has 2 saturated heterocycles. The molecule has 2 fully saturated rings. The molecule has 2 aliphatic rings. The van der Waals surface area contributed by atoms with Crippen molar-refractivity contribution >= 4 is 11.6 Å². The lowest BCUT2D eigenvalue weighted by Gasteiger charge is -2.25. The number of rotatable bonds is 3. The number of hydrogen-bond acceptors (Lipinski definition) is 3. The summed E-state index contributed by atoms with van der Waals surface area (Å²) >= 11 is 5.49. The summed E-state index contributed by atoms with van der Waals surface area (Å²) in [6.07, 6.45) is 4.65. The van der Waals surface area contributed by atoms with E-state index in [9.17, 15) is 0 Å². The van der Waals surface area contributed by atoms with Crippen LogP contribution in [-0.4, -0.2) is 38.0 Å². The minimum absolute atomic E-state index is 0.0821. The molecule has 2 rings (SSSR count). The number of alkyl halides is 1. The second-order valence-electron chi connectivity index (χ2n) is 5.24. The fraction of sp³-hybridized carbons (Fsp3) is 1.00. The number of nitrogens with one attached hydrogen (secondary N) is 1. The van der Waals surface area contributed by atoms with E-state index < -0.39 is 0 Å². The maximum absolute atomic E-state index is 5.49. The molecule has 0 aromatic carbocycles. The van der Waals surface area contributed by atoms with Crippen molar-refractivity contribution in [2.75, 3.05) is 26.3 Å². The zero-order valence-electron chi connectivity index (χ0n) is 13.1. The van der Waals surface area contributed by atoms with Crippen LogP contribution in [0.15, 0.2) is 0 Å². The molecule has 1 atom stereocenters. The van der Waals surface area contributed by atoms with E-state index in [4.69, 9.17) is 21.1 Å². The summed E-state index contributed by atoms with van der Waals surface area (Å²) in [5.41, 5.74) is 0. The molecule has 2 heterocycles. The van der Waals surface area contributed by atoms with Gasteiger partial charge in [0.15, 0.2) is 6.29 Å². The van der Waals surface area contributed by atoms with Gasteiger partial charge in [0.1, 0.15) is 0 Å². The van der Waals surface area contributed by atoms with Gasteiger partial charge in [-0.1, -0.05) is 40.5 Å². The van der Waals surface area contributed by atoms with Crippen LogP contribution >= 0.6 is 11.6 Å². The highest BCUT2D eigenvalue weighted by Gasteiger charge is 2.16. The SMILES string of the molecule is CCC.CCC(C)CC1OCCCO1.ClC1CNC1. The summed E-state index contributed by atoms with van der Waals surface area (Å²) < 4.78 is 10.9. The van der Waals surface area contributed by atoms with E-state index in [2.05, 4.69) is 33.0 Å². The van der Waals surface area contributed by atoms with Gasteiger partial charge >= 0.3 is 0 Å². The third kappa shape index (κ3) is 11.7. The lowest BCUT2D eigenvalue weighted by molar-refractivity contribution is -0.185. The standard InChI is InChI=1S/C9H18O2.C3H6ClN.C3H8/c1-3-8(2)7-9-10-5-4-6-11-9;4-3-1-5-2-3;1-3-2/h8-9H,3-7H2,1-2H3;3,5H,1-2H2;3H2,1-2H3. The van der Waals surface area contributed by atoms with Crippen LogP contribution < -0.4 is 5.32 Å². The Hall–Kier alpha value is 0.170. The summed E-state index contributed by atoms with van der Waals surface area (Å²) in [5.74, 6) is 0.720. The van der Waals surface area contributed by atoms with Gasteiger partial charge in [-0.05, 0) is 12.3 Å². The van der Waals surface area contributed by atoms with E-state index in [1.54, 1.807) is 0 Å². The molecule has 0 aromatic heterocycles. The second-order valence-corrected chi connectivity index (χ2v) is 5.85. The highest BCUT2D eigenvalue weighted by molar-refractivity contribution is 6.21. The Morgan fingerprint density at radius 2 is 1.63 bits per heavy atom. The number of halogens is 1. The molecular formula is C15H32ClNO2. The molecule has 0 aliphatic carbocycles. The molecule has 0 radical (unpaired) electrons. The van der Waals surface area contributed by atoms with Gasteiger partial charge in [0.25, 0.3) is 0 Å². The van der Waals surface area contributed by atoms with Gasteiger partial charge in [-0.15, -0.1) is 11.6 Å². The van der Waals surface area contributed by atoms with Crippen molar-refractivity contribution < 1.29 is 9.47 Å². The Morgan fingerprint density at radius 3 is 1.95 bits per heavy atom. The van der Waals surface area contributed by atoms with Crippen LogP contribution in [0.4, 0.5) is 0 Å². The van der Waals surface area contributed by atoms with E-state index in [-0.39, 0.29) is 6.29 Å². The number of hydrogen-bond donors (Lipinski definition) is 1. The van der Waals surface area contributed by atoms with Gasteiger partial charge in [0.2, 0.25) is 0 Å². The fourth-order valence-electron chi connectivity index (χ4n) is 1.42. The Morgan fingerprint density at radius 1 is 1.16 bits per heavy atom. The molecule has 4 heteroatoms. The lowest BCUT2D eigenvalue weighted by atomic mass is 10.1. The van der Waals surface area contributed by atoms with Crippen LogP contribution in [0.25, 0.3) is 0 Å². The smallest absolute Gasteiger partial charge is 0.157 e. The predicted molar refractivity (Wildman–Crippen MR) is 82.9 cm³/mol. The topological polar surface area (TPSA) is 30.5 Å². The summed E-state index contributed by atoms with van der Waals surface area (Å²) in [4.78, 5) is 0. The molecule has 0 bridgehead atoms. The minimum Gasteiger partial charge on any atom is -0.353 e. The molecule has 116 valence electrons.